The Morgan fingerprint density at radius 2 is 1.12 bits per heavy atom. The zero-order valence-electron chi connectivity index (χ0n) is 39.3. The minimum atomic E-state index is -0.544. The van der Waals surface area contributed by atoms with Gasteiger partial charge in [-0.05, 0) is 131 Å². The van der Waals surface area contributed by atoms with Gasteiger partial charge in [-0.25, -0.2) is 0 Å². The molecule has 0 saturated heterocycles. The van der Waals surface area contributed by atoms with Crippen LogP contribution >= 0.6 is 0 Å². The van der Waals surface area contributed by atoms with E-state index in [2.05, 4.69) is 247 Å². The first-order chi connectivity index (χ1) is 32.5. The summed E-state index contributed by atoms with van der Waals surface area (Å²) in [5.41, 5.74) is 23.7. The van der Waals surface area contributed by atoms with Crippen molar-refractivity contribution < 1.29 is 0 Å². The number of hydrogen-bond acceptors (Lipinski definition) is 2. The monoisotopic (exact) mass is 861 g/mol. The van der Waals surface area contributed by atoms with E-state index < -0.39 is 5.41 Å². The molecule has 0 atom stereocenters. The van der Waals surface area contributed by atoms with Gasteiger partial charge in [-0.1, -0.05) is 205 Å². The maximum Gasteiger partial charge on any atom is 0.197 e. The highest BCUT2D eigenvalue weighted by atomic mass is 15.2. The molecule has 9 aromatic rings. The van der Waals surface area contributed by atoms with Gasteiger partial charge < -0.3 is 10.2 Å². The molecule has 9 aromatic carbocycles. The molecular weight excluding hydrogens is 808 g/mol. The maximum atomic E-state index is 4.15. The number of anilines is 5. The highest BCUT2D eigenvalue weighted by Crippen LogP contribution is 2.60. The average Bonchev–Trinajstić information content (AvgIpc) is 3.58. The lowest BCUT2D eigenvalue weighted by Gasteiger charge is -2.49. The zero-order chi connectivity index (χ0) is 45.5. The van der Waals surface area contributed by atoms with Gasteiger partial charge in [-0.15, -0.1) is 0 Å². The van der Waals surface area contributed by atoms with Gasteiger partial charge in [0.15, 0.2) is 7.28 Å². The standard InChI is InChI=1S/C64H54BN2/c1-61(2)36-37-62(3,4)51-39-43(32-34-48(51)61)66-53-35-33-46-45-26-15-16-27-47(45)63(5,6)58(46)57(53)56-44-25-14-13-20-40(44)38-55-59(56)65-52-30-19-29-50-60(52)67(55)54-31-18-17-28-49(54)64(50,41-21-9-7-10-22-41)42-23-11-8-12-24-42/h7-35,38-39,66H,36-37H2,1-6H3. The molecule has 2 aliphatic carbocycles. The zero-order valence-corrected chi connectivity index (χ0v) is 39.3. The van der Waals surface area contributed by atoms with Crippen molar-refractivity contribution in [2.75, 3.05) is 10.2 Å². The molecular formula is C64H54BN2. The molecule has 2 heterocycles. The van der Waals surface area contributed by atoms with Crippen LogP contribution in [0.2, 0.25) is 0 Å². The molecule has 0 unspecified atom stereocenters. The molecule has 0 saturated carbocycles. The van der Waals surface area contributed by atoms with Crippen LogP contribution in [0, 0.1) is 0 Å². The van der Waals surface area contributed by atoms with Crippen LogP contribution in [0.3, 0.4) is 0 Å². The van der Waals surface area contributed by atoms with Crippen LogP contribution in [0.15, 0.2) is 188 Å². The van der Waals surface area contributed by atoms with Crippen LogP contribution < -0.4 is 21.1 Å². The summed E-state index contributed by atoms with van der Waals surface area (Å²) in [6.07, 6.45) is 2.37. The third-order valence-electron chi connectivity index (χ3n) is 16.4. The van der Waals surface area contributed by atoms with Crippen molar-refractivity contribution in [2.24, 2.45) is 0 Å². The van der Waals surface area contributed by atoms with E-state index in [-0.39, 0.29) is 16.2 Å². The van der Waals surface area contributed by atoms with Crippen molar-refractivity contribution in [3.63, 3.8) is 0 Å². The lowest BCUT2D eigenvalue weighted by atomic mass is 9.53. The van der Waals surface area contributed by atoms with Crippen LogP contribution in [0.1, 0.15) is 98.9 Å². The maximum absolute atomic E-state index is 4.15. The quantitative estimate of drug-likeness (QED) is 0.173. The van der Waals surface area contributed by atoms with Crippen molar-refractivity contribution in [3.8, 4) is 22.3 Å². The van der Waals surface area contributed by atoms with Gasteiger partial charge in [0.1, 0.15) is 0 Å². The normalized spacial score (nSPS) is 17.0. The summed E-state index contributed by atoms with van der Waals surface area (Å²) >= 11 is 0. The molecule has 4 aliphatic rings. The Morgan fingerprint density at radius 1 is 0.478 bits per heavy atom. The Labute approximate surface area is 396 Å². The molecule has 3 heteroatoms. The lowest BCUT2D eigenvalue weighted by Crippen LogP contribution is -2.47. The number of para-hydroxylation sites is 2. The first-order valence-electron chi connectivity index (χ1n) is 24.2. The highest BCUT2D eigenvalue weighted by molar-refractivity contribution is 6.74. The predicted octanol–water partition coefficient (Wildman–Crippen LogP) is 15.0. The van der Waals surface area contributed by atoms with E-state index in [0.29, 0.717) is 0 Å². The first kappa shape index (κ1) is 40.2. The molecule has 2 aliphatic heterocycles. The third-order valence-corrected chi connectivity index (χ3v) is 16.4. The second kappa shape index (κ2) is 14.2. The van der Waals surface area contributed by atoms with Gasteiger partial charge in [-0.3, -0.25) is 0 Å². The second-order valence-corrected chi connectivity index (χ2v) is 21.4. The van der Waals surface area contributed by atoms with Crippen LogP contribution in [-0.2, 0) is 21.7 Å². The number of rotatable bonds is 5. The number of nitrogens with zero attached hydrogens (tertiary/aromatic N) is 1. The van der Waals surface area contributed by atoms with Gasteiger partial charge in [0.05, 0.1) is 11.1 Å². The summed E-state index contributed by atoms with van der Waals surface area (Å²) < 4.78 is 0. The topological polar surface area (TPSA) is 15.3 Å². The molecule has 67 heavy (non-hydrogen) atoms. The van der Waals surface area contributed by atoms with Gasteiger partial charge in [0.2, 0.25) is 0 Å². The molecule has 0 fully saturated rings. The molecule has 0 bridgehead atoms. The van der Waals surface area contributed by atoms with Crippen molar-refractivity contribution in [1.82, 2.24) is 0 Å². The number of hydrogen-bond donors (Lipinski definition) is 1. The number of nitrogens with one attached hydrogen (secondary N) is 1. The van der Waals surface area contributed by atoms with E-state index >= 15 is 0 Å². The predicted molar refractivity (Wildman–Crippen MR) is 284 cm³/mol. The lowest BCUT2D eigenvalue weighted by molar-refractivity contribution is 0.332. The van der Waals surface area contributed by atoms with Gasteiger partial charge >= 0.3 is 0 Å². The van der Waals surface area contributed by atoms with Crippen molar-refractivity contribution >= 4 is 57.4 Å². The Morgan fingerprint density at radius 3 is 1.88 bits per heavy atom. The molecule has 0 aromatic heterocycles. The van der Waals surface area contributed by atoms with E-state index in [4.69, 9.17) is 0 Å². The minimum Gasteiger partial charge on any atom is -0.355 e. The van der Waals surface area contributed by atoms with Crippen LogP contribution in [-0.4, -0.2) is 7.28 Å². The molecule has 0 amide bonds. The first-order valence-corrected chi connectivity index (χ1v) is 24.2. The van der Waals surface area contributed by atoms with Crippen LogP contribution in [0.4, 0.5) is 28.4 Å². The van der Waals surface area contributed by atoms with Gasteiger partial charge in [0.25, 0.3) is 0 Å². The fourth-order valence-corrected chi connectivity index (χ4v) is 13.1. The molecule has 1 N–H and O–H groups in total. The fraction of sp³-hybridized carbons (Fsp3) is 0.188. The summed E-state index contributed by atoms with van der Waals surface area (Å²) in [7, 11) is 2.52. The van der Waals surface area contributed by atoms with Crippen molar-refractivity contribution in [3.05, 3.63) is 233 Å². The van der Waals surface area contributed by atoms with Crippen molar-refractivity contribution in [2.45, 2.75) is 76.0 Å². The summed E-state index contributed by atoms with van der Waals surface area (Å²) in [6, 6.07) is 71.1. The summed E-state index contributed by atoms with van der Waals surface area (Å²) in [6.45, 7) is 14.6. The minimum absolute atomic E-state index is 0.0895. The summed E-state index contributed by atoms with van der Waals surface area (Å²) in [5, 5.41) is 6.63. The molecule has 13 rings (SSSR count). The number of fused-ring (bicyclic) bond motifs is 9. The Bertz CT molecular complexity index is 3470. The Balaban J connectivity index is 1.11. The number of benzene rings is 9. The van der Waals surface area contributed by atoms with Gasteiger partial charge in [-0.2, -0.15) is 0 Å². The highest BCUT2D eigenvalue weighted by Gasteiger charge is 2.49. The summed E-state index contributed by atoms with van der Waals surface area (Å²) in [5.74, 6) is 0. The van der Waals surface area contributed by atoms with Crippen LogP contribution in [0.25, 0.3) is 33.0 Å². The molecule has 0 spiro atoms. The SMILES string of the molecule is CC1(C)CCC(C)(C)c2cc(Nc3ccc4c(c3-c3c5c(cc6ccccc36)N3c6ccccc6C(c6ccccc6)(c6ccccc6)c6cccc(c63)[B]5)C(C)(C)c3ccccc3-4)ccc21. The summed E-state index contributed by atoms with van der Waals surface area (Å²) in [4.78, 5) is 2.61. The second-order valence-electron chi connectivity index (χ2n) is 21.4. The van der Waals surface area contributed by atoms with E-state index in [9.17, 15) is 0 Å². The fourth-order valence-electron chi connectivity index (χ4n) is 13.1. The van der Waals surface area contributed by atoms with E-state index in [1.807, 2.05) is 0 Å². The molecule has 323 valence electrons. The van der Waals surface area contributed by atoms with Crippen molar-refractivity contribution in [1.29, 1.82) is 0 Å². The molecule has 2 nitrogen and oxygen atoms in total. The van der Waals surface area contributed by atoms with Crippen LogP contribution in [0.5, 0.6) is 0 Å². The Kier molecular flexibility index (Phi) is 8.52. The van der Waals surface area contributed by atoms with E-state index in [1.165, 1.54) is 118 Å². The molecule has 1 radical (unpaired) electrons. The smallest absolute Gasteiger partial charge is 0.197 e. The van der Waals surface area contributed by atoms with Gasteiger partial charge in [0, 0.05) is 33.7 Å². The Hall–Kier alpha value is -7.10. The third kappa shape index (κ3) is 5.58. The van der Waals surface area contributed by atoms with E-state index in [1.54, 1.807) is 0 Å². The average molecular weight is 862 g/mol. The van der Waals surface area contributed by atoms with E-state index in [0.717, 1.165) is 11.4 Å². The largest absolute Gasteiger partial charge is 0.355 e.